The van der Waals surface area contributed by atoms with Crippen LogP contribution in [-0.4, -0.2) is 30.8 Å². The van der Waals surface area contributed by atoms with E-state index >= 15 is 0 Å². The number of ether oxygens (including phenoxy) is 1. The van der Waals surface area contributed by atoms with Gasteiger partial charge in [-0.05, 0) is 19.8 Å². The molecule has 1 aromatic heterocycles. The molecule has 4 nitrogen and oxygen atoms in total. The SMILES string of the molecule is CCCc1nc(N2CCCOC(C)C2)sc1CN. The number of thiazole rings is 1. The van der Waals surface area contributed by atoms with Gasteiger partial charge in [0.2, 0.25) is 0 Å². The first-order valence-corrected chi connectivity index (χ1v) is 7.61. The maximum atomic E-state index is 5.81. The molecular formula is C13H23N3OS. The monoisotopic (exact) mass is 269 g/mol. The zero-order chi connectivity index (χ0) is 13.0. The third kappa shape index (κ3) is 3.22. The Bertz CT molecular complexity index is 380. The number of hydrogen-bond acceptors (Lipinski definition) is 5. The van der Waals surface area contributed by atoms with Crippen molar-refractivity contribution < 1.29 is 4.74 Å². The van der Waals surface area contributed by atoms with E-state index in [4.69, 9.17) is 15.5 Å². The quantitative estimate of drug-likeness (QED) is 0.910. The number of aryl methyl sites for hydroxylation is 1. The van der Waals surface area contributed by atoms with Gasteiger partial charge in [0, 0.05) is 31.1 Å². The van der Waals surface area contributed by atoms with Crippen molar-refractivity contribution >= 4 is 16.5 Å². The fourth-order valence-corrected chi connectivity index (χ4v) is 3.28. The Labute approximate surface area is 113 Å². The number of anilines is 1. The van der Waals surface area contributed by atoms with Crippen LogP contribution in [0.1, 0.15) is 37.3 Å². The fourth-order valence-electron chi connectivity index (χ4n) is 2.26. The van der Waals surface area contributed by atoms with Gasteiger partial charge < -0.3 is 15.4 Å². The molecule has 2 N–H and O–H groups in total. The van der Waals surface area contributed by atoms with Crippen molar-refractivity contribution in [3.8, 4) is 0 Å². The maximum Gasteiger partial charge on any atom is 0.185 e. The molecule has 0 aliphatic carbocycles. The number of nitrogens with two attached hydrogens (primary N) is 1. The Balaban J connectivity index is 2.15. The van der Waals surface area contributed by atoms with Crippen molar-refractivity contribution in [2.45, 2.75) is 45.8 Å². The third-order valence-corrected chi connectivity index (χ3v) is 4.34. The molecular weight excluding hydrogens is 246 g/mol. The molecule has 1 saturated heterocycles. The van der Waals surface area contributed by atoms with Gasteiger partial charge in [-0.3, -0.25) is 0 Å². The molecule has 0 radical (unpaired) electrons. The highest BCUT2D eigenvalue weighted by Gasteiger charge is 2.19. The lowest BCUT2D eigenvalue weighted by Gasteiger charge is -2.20. The molecule has 1 aliphatic rings. The smallest absolute Gasteiger partial charge is 0.185 e. The number of hydrogen-bond donors (Lipinski definition) is 1. The van der Waals surface area contributed by atoms with Gasteiger partial charge in [0.15, 0.2) is 5.13 Å². The summed E-state index contributed by atoms with van der Waals surface area (Å²) in [6.45, 7) is 7.74. The summed E-state index contributed by atoms with van der Waals surface area (Å²) in [5.74, 6) is 0. The van der Waals surface area contributed by atoms with Crippen LogP contribution in [0, 0.1) is 0 Å². The number of aromatic nitrogens is 1. The molecule has 102 valence electrons. The molecule has 0 bridgehead atoms. The lowest BCUT2D eigenvalue weighted by atomic mass is 10.2. The first-order valence-electron chi connectivity index (χ1n) is 6.79. The lowest BCUT2D eigenvalue weighted by Crippen LogP contribution is -2.29. The highest BCUT2D eigenvalue weighted by molar-refractivity contribution is 7.15. The maximum absolute atomic E-state index is 5.81. The second kappa shape index (κ2) is 6.50. The first kappa shape index (κ1) is 13.8. The van der Waals surface area contributed by atoms with Gasteiger partial charge in [0.25, 0.3) is 0 Å². The van der Waals surface area contributed by atoms with E-state index in [1.807, 2.05) is 0 Å². The summed E-state index contributed by atoms with van der Waals surface area (Å²) >= 11 is 1.75. The van der Waals surface area contributed by atoms with E-state index in [0.717, 1.165) is 44.1 Å². The van der Waals surface area contributed by atoms with Crippen LogP contribution < -0.4 is 10.6 Å². The Kier molecular flexibility index (Phi) is 4.97. The van der Waals surface area contributed by atoms with Crippen molar-refractivity contribution in [1.82, 2.24) is 4.98 Å². The predicted molar refractivity (Wildman–Crippen MR) is 76.2 cm³/mol. The average molecular weight is 269 g/mol. The minimum atomic E-state index is 0.285. The van der Waals surface area contributed by atoms with E-state index in [0.29, 0.717) is 6.54 Å². The molecule has 2 heterocycles. The number of nitrogens with zero attached hydrogens (tertiary/aromatic N) is 2. The van der Waals surface area contributed by atoms with Crippen LogP contribution in [0.5, 0.6) is 0 Å². The van der Waals surface area contributed by atoms with E-state index in [1.165, 1.54) is 10.6 Å². The molecule has 5 heteroatoms. The van der Waals surface area contributed by atoms with Crippen LogP contribution in [0.2, 0.25) is 0 Å². The molecule has 0 spiro atoms. The number of rotatable bonds is 4. The minimum Gasteiger partial charge on any atom is -0.377 e. The standard InChI is InChI=1S/C13H23N3OS/c1-3-5-11-12(8-14)18-13(15-11)16-6-4-7-17-10(2)9-16/h10H,3-9,14H2,1-2H3. The second-order valence-corrected chi connectivity index (χ2v) is 5.86. The summed E-state index contributed by atoms with van der Waals surface area (Å²) < 4.78 is 5.68. The molecule has 0 amide bonds. The average Bonchev–Trinajstić information content (AvgIpc) is 2.64. The van der Waals surface area contributed by atoms with Crippen molar-refractivity contribution in [2.24, 2.45) is 5.73 Å². The van der Waals surface area contributed by atoms with E-state index in [1.54, 1.807) is 11.3 Å². The zero-order valence-electron chi connectivity index (χ0n) is 11.3. The lowest BCUT2D eigenvalue weighted by molar-refractivity contribution is 0.0821. The molecule has 1 atom stereocenters. The van der Waals surface area contributed by atoms with Crippen molar-refractivity contribution in [1.29, 1.82) is 0 Å². The second-order valence-electron chi connectivity index (χ2n) is 4.80. The summed E-state index contributed by atoms with van der Waals surface area (Å²) in [6.07, 6.45) is 3.51. The fraction of sp³-hybridized carbons (Fsp3) is 0.769. The summed E-state index contributed by atoms with van der Waals surface area (Å²) in [4.78, 5) is 8.37. The van der Waals surface area contributed by atoms with Crippen molar-refractivity contribution in [2.75, 3.05) is 24.6 Å². The Morgan fingerprint density at radius 1 is 1.56 bits per heavy atom. The topological polar surface area (TPSA) is 51.4 Å². The normalized spacial score (nSPS) is 21.1. The minimum absolute atomic E-state index is 0.285. The molecule has 1 aromatic rings. The Morgan fingerprint density at radius 3 is 3.11 bits per heavy atom. The summed E-state index contributed by atoms with van der Waals surface area (Å²) in [7, 11) is 0. The zero-order valence-corrected chi connectivity index (χ0v) is 12.1. The van der Waals surface area contributed by atoms with Gasteiger partial charge in [-0.25, -0.2) is 4.98 Å². The largest absolute Gasteiger partial charge is 0.377 e. The van der Waals surface area contributed by atoms with Crippen LogP contribution in [-0.2, 0) is 17.7 Å². The van der Waals surface area contributed by atoms with E-state index < -0.39 is 0 Å². The van der Waals surface area contributed by atoms with Crippen molar-refractivity contribution in [3.05, 3.63) is 10.6 Å². The summed E-state index contributed by atoms with van der Waals surface area (Å²) in [5, 5.41) is 1.12. The summed E-state index contributed by atoms with van der Waals surface area (Å²) in [5.41, 5.74) is 7.00. The van der Waals surface area contributed by atoms with Gasteiger partial charge in [-0.2, -0.15) is 0 Å². The van der Waals surface area contributed by atoms with Crippen LogP contribution in [0.25, 0.3) is 0 Å². The Hall–Kier alpha value is -0.650. The van der Waals surface area contributed by atoms with E-state index in [2.05, 4.69) is 18.7 Å². The molecule has 1 aliphatic heterocycles. The molecule has 0 aromatic carbocycles. The van der Waals surface area contributed by atoms with Crippen LogP contribution in [0.3, 0.4) is 0 Å². The van der Waals surface area contributed by atoms with E-state index in [-0.39, 0.29) is 6.10 Å². The molecule has 1 fully saturated rings. The summed E-state index contributed by atoms with van der Waals surface area (Å²) in [6, 6.07) is 0. The van der Waals surface area contributed by atoms with Crippen LogP contribution in [0.15, 0.2) is 0 Å². The first-order chi connectivity index (χ1) is 8.74. The third-order valence-electron chi connectivity index (χ3n) is 3.16. The van der Waals surface area contributed by atoms with Gasteiger partial charge in [0.1, 0.15) is 0 Å². The van der Waals surface area contributed by atoms with Crippen molar-refractivity contribution in [3.63, 3.8) is 0 Å². The van der Waals surface area contributed by atoms with Gasteiger partial charge in [0.05, 0.1) is 11.8 Å². The van der Waals surface area contributed by atoms with E-state index in [9.17, 15) is 0 Å². The van der Waals surface area contributed by atoms with Gasteiger partial charge in [-0.15, -0.1) is 11.3 Å². The van der Waals surface area contributed by atoms with Crippen LogP contribution >= 0.6 is 11.3 Å². The highest BCUT2D eigenvalue weighted by atomic mass is 32.1. The molecule has 1 unspecified atom stereocenters. The van der Waals surface area contributed by atoms with Crippen LogP contribution in [0.4, 0.5) is 5.13 Å². The highest BCUT2D eigenvalue weighted by Crippen LogP contribution is 2.28. The van der Waals surface area contributed by atoms with Gasteiger partial charge in [-0.1, -0.05) is 13.3 Å². The molecule has 2 rings (SSSR count). The Morgan fingerprint density at radius 2 is 2.39 bits per heavy atom. The van der Waals surface area contributed by atoms with Gasteiger partial charge >= 0.3 is 0 Å². The molecule has 18 heavy (non-hydrogen) atoms. The molecule has 0 saturated carbocycles. The predicted octanol–water partition coefficient (Wildman–Crippen LogP) is 2.17.